The molecule has 0 saturated heterocycles. The first-order chi connectivity index (χ1) is 9.81. The lowest BCUT2D eigenvalue weighted by molar-refractivity contribution is 0.279. The summed E-state index contributed by atoms with van der Waals surface area (Å²) in [7, 11) is 1.69. The average molecular weight is 293 g/mol. The van der Waals surface area contributed by atoms with Gasteiger partial charge in [-0.3, -0.25) is 0 Å². The molecule has 1 N–H and O–H groups in total. The highest BCUT2D eigenvalue weighted by Gasteiger charge is 2.10. The molecule has 0 bridgehead atoms. The molecule has 0 amide bonds. The van der Waals surface area contributed by atoms with E-state index < -0.39 is 0 Å². The van der Waals surface area contributed by atoms with Gasteiger partial charge in [0.25, 0.3) is 0 Å². The van der Waals surface area contributed by atoms with Crippen molar-refractivity contribution in [1.29, 1.82) is 0 Å². The van der Waals surface area contributed by atoms with Crippen molar-refractivity contribution in [2.24, 2.45) is 5.92 Å². The van der Waals surface area contributed by atoms with E-state index in [1.807, 2.05) is 6.07 Å². The SMILES string of the molecule is COc1cc(CNC(C)(C)C)ccc1OCCCC(C)C. The Balaban J connectivity index is 2.57. The van der Waals surface area contributed by atoms with Crippen molar-refractivity contribution >= 4 is 0 Å². The van der Waals surface area contributed by atoms with Crippen molar-refractivity contribution in [3.63, 3.8) is 0 Å². The van der Waals surface area contributed by atoms with Crippen LogP contribution in [0.3, 0.4) is 0 Å². The largest absolute Gasteiger partial charge is 0.493 e. The zero-order valence-corrected chi connectivity index (χ0v) is 14.5. The summed E-state index contributed by atoms with van der Waals surface area (Å²) in [5.41, 5.74) is 1.32. The number of nitrogens with one attached hydrogen (secondary N) is 1. The molecule has 1 aromatic carbocycles. The molecule has 120 valence electrons. The van der Waals surface area contributed by atoms with Crippen molar-refractivity contribution in [3.05, 3.63) is 23.8 Å². The summed E-state index contributed by atoms with van der Waals surface area (Å²) in [5, 5.41) is 3.48. The molecule has 1 rings (SSSR count). The number of rotatable bonds is 8. The zero-order chi connectivity index (χ0) is 15.9. The smallest absolute Gasteiger partial charge is 0.161 e. The van der Waals surface area contributed by atoms with Gasteiger partial charge in [0.2, 0.25) is 0 Å². The molecule has 0 unspecified atom stereocenters. The fourth-order valence-corrected chi connectivity index (χ4v) is 1.98. The van der Waals surface area contributed by atoms with Crippen LogP contribution < -0.4 is 14.8 Å². The topological polar surface area (TPSA) is 30.5 Å². The molecule has 3 heteroatoms. The first-order valence-electron chi connectivity index (χ1n) is 7.86. The maximum Gasteiger partial charge on any atom is 0.161 e. The fraction of sp³-hybridized carbons (Fsp3) is 0.667. The maximum absolute atomic E-state index is 5.83. The Labute approximate surface area is 130 Å². The maximum atomic E-state index is 5.83. The van der Waals surface area contributed by atoms with E-state index in [2.05, 4.69) is 52.1 Å². The predicted octanol–water partition coefficient (Wildman–Crippen LogP) is 4.40. The Bertz CT molecular complexity index is 422. The summed E-state index contributed by atoms with van der Waals surface area (Å²) >= 11 is 0. The zero-order valence-electron chi connectivity index (χ0n) is 14.5. The molecular formula is C18H31NO2. The summed E-state index contributed by atoms with van der Waals surface area (Å²) in [5.74, 6) is 2.37. The summed E-state index contributed by atoms with van der Waals surface area (Å²) < 4.78 is 11.3. The Morgan fingerprint density at radius 1 is 1.14 bits per heavy atom. The first kappa shape index (κ1) is 17.8. The van der Waals surface area contributed by atoms with Crippen LogP contribution in [0.15, 0.2) is 18.2 Å². The van der Waals surface area contributed by atoms with Gasteiger partial charge in [-0.05, 0) is 57.2 Å². The van der Waals surface area contributed by atoms with Crippen molar-refractivity contribution < 1.29 is 9.47 Å². The summed E-state index contributed by atoms with van der Waals surface area (Å²) in [6, 6.07) is 6.16. The Morgan fingerprint density at radius 3 is 2.43 bits per heavy atom. The van der Waals surface area contributed by atoms with Gasteiger partial charge in [-0.2, -0.15) is 0 Å². The van der Waals surface area contributed by atoms with E-state index in [9.17, 15) is 0 Å². The lowest BCUT2D eigenvalue weighted by Gasteiger charge is -2.21. The minimum Gasteiger partial charge on any atom is -0.493 e. The van der Waals surface area contributed by atoms with E-state index >= 15 is 0 Å². The second-order valence-corrected chi connectivity index (χ2v) is 6.97. The van der Waals surface area contributed by atoms with Gasteiger partial charge in [0.15, 0.2) is 11.5 Å². The first-order valence-corrected chi connectivity index (χ1v) is 7.86. The van der Waals surface area contributed by atoms with Gasteiger partial charge < -0.3 is 14.8 Å². The van der Waals surface area contributed by atoms with E-state index in [0.717, 1.165) is 37.0 Å². The van der Waals surface area contributed by atoms with E-state index in [1.165, 1.54) is 12.0 Å². The Morgan fingerprint density at radius 2 is 1.86 bits per heavy atom. The standard InChI is InChI=1S/C18H31NO2/c1-14(2)8-7-11-21-16-10-9-15(12-17(16)20-6)13-19-18(3,4)5/h9-10,12,14,19H,7-8,11,13H2,1-6H3. The minimum absolute atomic E-state index is 0.110. The molecule has 3 nitrogen and oxygen atoms in total. The molecule has 0 heterocycles. The van der Waals surface area contributed by atoms with Gasteiger partial charge in [-0.15, -0.1) is 0 Å². The minimum atomic E-state index is 0.110. The highest BCUT2D eigenvalue weighted by Crippen LogP contribution is 2.28. The molecule has 0 aliphatic heterocycles. The quantitative estimate of drug-likeness (QED) is 0.721. The van der Waals surface area contributed by atoms with E-state index in [0.29, 0.717) is 0 Å². The average Bonchev–Trinajstić information content (AvgIpc) is 2.40. The molecule has 0 fully saturated rings. The number of methoxy groups -OCH3 is 1. The van der Waals surface area contributed by atoms with Crippen molar-refractivity contribution in [1.82, 2.24) is 5.32 Å². The normalized spacial score (nSPS) is 11.8. The van der Waals surface area contributed by atoms with Crippen LogP contribution >= 0.6 is 0 Å². The molecule has 21 heavy (non-hydrogen) atoms. The predicted molar refractivity (Wildman–Crippen MR) is 89.2 cm³/mol. The highest BCUT2D eigenvalue weighted by molar-refractivity contribution is 5.43. The van der Waals surface area contributed by atoms with Crippen LogP contribution in [0.5, 0.6) is 11.5 Å². The molecule has 0 aliphatic carbocycles. The third kappa shape index (κ3) is 7.37. The van der Waals surface area contributed by atoms with E-state index in [-0.39, 0.29) is 5.54 Å². The van der Waals surface area contributed by atoms with E-state index in [1.54, 1.807) is 7.11 Å². The van der Waals surface area contributed by atoms with Crippen LogP contribution in [-0.4, -0.2) is 19.3 Å². The molecule has 1 aromatic rings. The summed E-state index contributed by atoms with van der Waals surface area (Å²) in [6.07, 6.45) is 2.27. The van der Waals surface area contributed by atoms with Crippen molar-refractivity contribution in [3.8, 4) is 11.5 Å². The van der Waals surface area contributed by atoms with E-state index in [4.69, 9.17) is 9.47 Å². The monoisotopic (exact) mass is 293 g/mol. The Kier molecular flexibility index (Phi) is 7.03. The van der Waals surface area contributed by atoms with Gasteiger partial charge in [-0.1, -0.05) is 19.9 Å². The van der Waals surface area contributed by atoms with Crippen LogP contribution in [-0.2, 0) is 6.54 Å². The van der Waals surface area contributed by atoms with Gasteiger partial charge >= 0.3 is 0 Å². The highest BCUT2D eigenvalue weighted by atomic mass is 16.5. The summed E-state index contributed by atoms with van der Waals surface area (Å²) in [4.78, 5) is 0. The van der Waals surface area contributed by atoms with Gasteiger partial charge in [0, 0.05) is 12.1 Å². The Hall–Kier alpha value is -1.22. The molecule has 0 saturated carbocycles. The lowest BCUT2D eigenvalue weighted by Crippen LogP contribution is -2.35. The van der Waals surface area contributed by atoms with Crippen molar-refractivity contribution in [2.75, 3.05) is 13.7 Å². The second kappa shape index (κ2) is 8.28. The molecule has 0 radical (unpaired) electrons. The lowest BCUT2D eigenvalue weighted by atomic mass is 10.1. The molecule has 0 spiro atoms. The van der Waals surface area contributed by atoms with Gasteiger partial charge in [0.05, 0.1) is 13.7 Å². The second-order valence-electron chi connectivity index (χ2n) is 6.97. The number of benzene rings is 1. The summed E-state index contributed by atoms with van der Waals surface area (Å²) in [6.45, 7) is 12.5. The number of hydrogen-bond acceptors (Lipinski definition) is 3. The van der Waals surface area contributed by atoms with Crippen molar-refractivity contribution in [2.45, 2.75) is 59.5 Å². The van der Waals surface area contributed by atoms with Gasteiger partial charge in [0.1, 0.15) is 0 Å². The van der Waals surface area contributed by atoms with Crippen LogP contribution in [0.4, 0.5) is 0 Å². The molecule has 0 aromatic heterocycles. The fourth-order valence-electron chi connectivity index (χ4n) is 1.98. The third-order valence-corrected chi connectivity index (χ3v) is 3.23. The molecule has 0 aliphatic rings. The van der Waals surface area contributed by atoms with Crippen LogP contribution in [0.25, 0.3) is 0 Å². The third-order valence-electron chi connectivity index (χ3n) is 3.23. The van der Waals surface area contributed by atoms with Crippen LogP contribution in [0, 0.1) is 5.92 Å². The van der Waals surface area contributed by atoms with Crippen LogP contribution in [0.2, 0.25) is 0 Å². The van der Waals surface area contributed by atoms with Crippen LogP contribution in [0.1, 0.15) is 53.0 Å². The van der Waals surface area contributed by atoms with Gasteiger partial charge in [-0.25, -0.2) is 0 Å². The number of ether oxygens (including phenoxy) is 2. The molecular weight excluding hydrogens is 262 g/mol. The molecule has 0 atom stereocenters. The number of hydrogen-bond donors (Lipinski definition) is 1.